The Morgan fingerprint density at radius 2 is 0.940 bits per heavy atom. The molecule has 8 aromatic carbocycles. The highest BCUT2D eigenvalue weighted by Gasteiger charge is 2.20. The first-order valence-electron chi connectivity index (χ1n) is 16.7. The van der Waals surface area contributed by atoms with E-state index in [0.29, 0.717) is 17.5 Å². The average molecular weight is 640 g/mol. The zero-order chi connectivity index (χ0) is 32.8. The van der Waals surface area contributed by atoms with Crippen molar-refractivity contribution in [2.24, 2.45) is 0 Å². The van der Waals surface area contributed by atoms with E-state index in [-0.39, 0.29) is 0 Å². The maximum absolute atomic E-state index is 6.53. The zero-order valence-electron chi connectivity index (χ0n) is 26.6. The second kappa shape index (κ2) is 10.3. The van der Waals surface area contributed by atoms with Crippen LogP contribution >= 0.6 is 0 Å². The van der Waals surface area contributed by atoms with Crippen LogP contribution in [0.4, 0.5) is 0 Å². The van der Waals surface area contributed by atoms with Gasteiger partial charge < -0.3 is 8.83 Å². The molecule has 232 valence electrons. The first-order chi connectivity index (χ1) is 24.8. The van der Waals surface area contributed by atoms with Crippen molar-refractivity contribution in [2.45, 2.75) is 0 Å². The number of fused-ring (bicyclic) bond motifs is 12. The number of furan rings is 2. The summed E-state index contributed by atoms with van der Waals surface area (Å²) in [6.07, 6.45) is 0. The van der Waals surface area contributed by atoms with Gasteiger partial charge in [-0.3, -0.25) is 0 Å². The number of aromatic nitrogens is 3. The van der Waals surface area contributed by atoms with E-state index in [9.17, 15) is 0 Å². The number of nitrogens with zero attached hydrogens (tertiary/aromatic N) is 3. The molecule has 0 aliphatic carbocycles. The van der Waals surface area contributed by atoms with Gasteiger partial charge in [-0.2, -0.15) is 0 Å². The van der Waals surface area contributed by atoms with E-state index in [1.807, 2.05) is 42.5 Å². The Labute approximate surface area is 285 Å². The Bertz CT molecular complexity index is 3170. The summed E-state index contributed by atoms with van der Waals surface area (Å²) in [5.41, 5.74) is 6.11. The molecule has 0 amide bonds. The summed E-state index contributed by atoms with van der Waals surface area (Å²) in [6, 6.07) is 52.1. The van der Waals surface area contributed by atoms with Crippen LogP contribution in [0.25, 0.3) is 110 Å². The minimum Gasteiger partial charge on any atom is -0.456 e. The van der Waals surface area contributed by atoms with Crippen LogP contribution in [0, 0.1) is 0 Å². The molecular weight excluding hydrogens is 615 g/mol. The molecule has 0 spiro atoms. The molecule has 11 aromatic rings. The molecule has 0 aliphatic rings. The molecular formula is C45H25N3O2. The van der Waals surface area contributed by atoms with Crippen LogP contribution < -0.4 is 0 Å². The summed E-state index contributed by atoms with van der Waals surface area (Å²) in [6.45, 7) is 0. The molecule has 0 atom stereocenters. The molecule has 0 aliphatic heterocycles. The molecule has 0 unspecified atom stereocenters. The highest BCUT2D eigenvalue weighted by Crippen LogP contribution is 2.42. The Hall–Kier alpha value is -6.85. The van der Waals surface area contributed by atoms with Crippen LogP contribution in [0.2, 0.25) is 0 Å². The first kappa shape index (κ1) is 27.1. The fraction of sp³-hybridized carbons (Fsp3) is 0. The Kier molecular flexibility index (Phi) is 5.60. The highest BCUT2D eigenvalue weighted by molar-refractivity contribution is 6.30. The van der Waals surface area contributed by atoms with Crippen LogP contribution in [-0.4, -0.2) is 15.0 Å². The minimum atomic E-state index is 0.591. The van der Waals surface area contributed by atoms with Crippen molar-refractivity contribution >= 4 is 76.2 Å². The highest BCUT2D eigenvalue weighted by atomic mass is 16.3. The van der Waals surface area contributed by atoms with Crippen molar-refractivity contribution in [3.63, 3.8) is 0 Å². The van der Waals surface area contributed by atoms with Gasteiger partial charge in [-0.15, -0.1) is 0 Å². The lowest BCUT2D eigenvalue weighted by Gasteiger charge is -2.11. The summed E-state index contributed by atoms with van der Waals surface area (Å²) in [7, 11) is 0. The molecule has 11 rings (SSSR count). The Balaban J connectivity index is 1.20. The van der Waals surface area contributed by atoms with Crippen LogP contribution in [-0.2, 0) is 0 Å². The van der Waals surface area contributed by atoms with Gasteiger partial charge in [-0.1, -0.05) is 115 Å². The molecule has 0 N–H and O–H groups in total. The number of hydrogen-bond acceptors (Lipinski definition) is 5. The van der Waals surface area contributed by atoms with Crippen molar-refractivity contribution in [3.8, 4) is 34.2 Å². The van der Waals surface area contributed by atoms with E-state index in [2.05, 4.69) is 109 Å². The van der Waals surface area contributed by atoms with Gasteiger partial charge >= 0.3 is 0 Å². The molecule has 3 aromatic heterocycles. The molecule has 0 bridgehead atoms. The lowest BCUT2D eigenvalue weighted by atomic mass is 9.95. The summed E-state index contributed by atoms with van der Waals surface area (Å²) >= 11 is 0. The smallest absolute Gasteiger partial charge is 0.164 e. The number of para-hydroxylation sites is 2. The summed E-state index contributed by atoms with van der Waals surface area (Å²) in [5.74, 6) is 1.80. The van der Waals surface area contributed by atoms with Gasteiger partial charge in [0, 0.05) is 43.6 Å². The Morgan fingerprint density at radius 3 is 1.76 bits per heavy atom. The van der Waals surface area contributed by atoms with Gasteiger partial charge in [-0.25, -0.2) is 15.0 Å². The average Bonchev–Trinajstić information content (AvgIpc) is 3.77. The van der Waals surface area contributed by atoms with Gasteiger partial charge in [0.1, 0.15) is 22.3 Å². The van der Waals surface area contributed by atoms with Crippen molar-refractivity contribution < 1.29 is 8.83 Å². The SMILES string of the molecule is c1ccc2cc(-c3nc(-c4ccc5c(c4)c4ccccc4c4c6ccccc6oc54)nc(-c4cccc5oc6ccccc6c45)n3)ccc2c1. The van der Waals surface area contributed by atoms with E-state index in [0.717, 1.165) is 87.5 Å². The largest absolute Gasteiger partial charge is 0.456 e. The third-order valence-electron chi connectivity index (χ3n) is 9.89. The summed E-state index contributed by atoms with van der Waals surface area (Å²) in [5, 5.41) is 11.0. The molecule has 0 saturated heterocycles. The number of benzene rings is 8. The van der Waals surface area contributed by atoms with Gasteiger partial charge in [-0.05, 0) is 63.3 Å². The zero-order valence-corrected chi connectivity index (χ0v) is 26.6. The van der Waals surface area contributed by atoms with Crippen molar-refractivity contribution in [1.29, 1.82) is 0 Å². The maximum Gasteiger partial charge on any atom is 0.164 e. The molecule has 50 heavy (non-hydrogen) atoms. The van der Waals surface area contributed by atoms with Gasteiger partial charge in [0.15, 0.2) is 17.5 Å². The molecule has 0 radical (unpaired) electrons. The fourth-order valence-corrected chi connectivity index (χ4v) is 7.59. The number of rotatable bonds is 3. The van der Waals surface area contributed by atoms with Crippen molar-refractivity contribution in [3.05, 3.63) is 152 Å². The molecule has 5 heteroatoms. The normalized spacial score (nSPS) is 12.0. The van der Waals surface area contributed by atoms with Crippen LogP contribution in [0.5, 0.6) is 0 Å². The van der Waals surface area contributed by atoms with E-state index in [1.165, 1.54) is 5.39 Å². The standard InChI is InChI=1S/C45H25N3O2/c1-2-11-27-24-28(21-20-26(27)10-1)43-46-44(48-45(47-43)35-16-9-19-39-40(35)33-14-5-7-17-37(33)49-39)29-22-23-32-36(25-29)30-12-3-4-13-31(30)41-34-15-6-8-18-38(34)50-42(32)41/h1-25H. The third-order valence-corrected chi connectivity index (χ3v) is 9.89. The topological polar surface area (TPSA) is 65.0 Å². The quantitative estimate of drug-likeness (QED) is 0.180. The van der Waals surface area contributed by atoms with E-state index >= 15 is 0 Å². The van der Waals surface area contributed by atoms with Gasteiger partial charge in [0.25, 0.3) is 0 Å². The predicted octanol–water partition coefficient (Wildman–Crippen LogP) is 12.1. The number of hydrogen-bond donors (Lipinski definition) is 0. The lowest BCUT2D eigenvalue weighted by molar-refractivity contribution is 0.669. The van der Waals surface area contributed by atoms with Crippen LogP contribution in [0.3, 0.4) is 0 Å². The lowest BCUT2D eigenvalue weighted by Crippen LogP contribution is -2.00. The fourth-order valence-electron chi connectivity index (χ4n) is 7.59. The molecule has 5 nitrogen and oxygen atoms in total. The van der Waals surface area contributed by atoms with Crippen LogP contribution in [0.15, 0.2) is 160 Å². The third kappa shape index (κ3) is 3.98. The minimum absolute atomic E-state index is 0.591. The molecule has 0 saturated carbocycles. The second-order valence-electron chi connectivity index (χ2n) is 12.8. The first-order valence-corrected chi connectivity index (χ1v) is 16.7. The van der Waals surface area contributed by atoms with Crippen LogP contribution in [0.1, 0.15) is 0 Å². The van der Waals surface area contributed by atoms with Crippen molar-refractivity contribution in [2.75, 3.05) is 0 Å². The van der Waals surface area contributed by atoms with E-state index < -0.39 is 0 Å². The van der Waals surface area contributed by atoms with E-state index in [1.54, 1.807) is 0 Å². The van der Waals surface area contributed by atoms with Gasteiger partial charge in [0.2, 0.25) is 0 Å². The monoisotopic (exact) mass is 639 g/mol. The molecule has 3 heterocycles. The summed E-state index contributed by atoms with van der Waals surface area (Å²) in [4.78, 5) is 15.5. The summed E-state index contributed by atoms with van der Waals surface area (Å²) < 4.78 is 12.8. The maximum atomic E-state index is 6.53. The predicted molar refractivity (Wildman–Crippen MR) is 203 cm³/mol. The van der Waals surface area contributed by atoms with E-state index in [4.69, 9.17) is 23.8 Å². The van der Waals surface area contributed by atoms with Crippen molar-refractivity contribution in [1.82, 2.24) is 15.0 Å². The van der Waals surface area contributed by atoms with Gasteiger partial charge in [0.05, 0.1) is 0 Å². The second-order valence-corrected chi connectivity index (χ2v) is 12.8. The molecule has 0 fully saturated rings. The Morgan fingerprint density at radius 1 is 0.340 bits per heavy atom.